The summed E-state index contributed by atoms with van der Waals surface area (Å²) in [7, 11) is 0. The average Bonchev–Trinajstić information content (AvgIpc) is 3.96. The van der Waals surface area contributed by atoms with Gasteiger partial charge >= 0.3 is 0 Å². The molecule has 2 heterocycles. The van der Waals surface area contributed by atoms with Crippen LogP contribution in [0.4, 0.5) is 0 Å². The summed E-state index contributed by atoms with van der Waals surface area (Å²) in [6.45, 7) is 0. The van der Waals surface area contributed by atoms with Gasteiger partial charge in [-0.25, -0.2) is 4.99 Å². The number of amidine groups is 1. The minimum absolute atomic E-state index is 0.178. The van der Waals surface area contributed by atoms with Crippen LogP contribution in [0.25, 0.3) is 71.3 Å². The van der Waals surface area contributed by atoms with Gasteiger partial charge in [-0.3, -0.25) is 5.32 Å². The molecule has 14 rings (SSSR count). The van der Waals surface area contributed by atoms with E-state index < -0.39 is 5.41 Å². The van der Waals surface area contributed by atoms with E-state index >= 15 is 0 Å². The van der Waals surface area contributed by atoms with Crippen LogP contribution in [0.3, 0.4) is 0 Å². The molecule has 2 aliphatic carbocycles. The van der Waals surface area contributed by atoms with Crippen LogP contribution in [-0.2, 0) is 5.41 Å². The molecule has 1 aliphatic heterocycles. The summed E-state index contributed by atoms with van der Waals surface area (Å²) in [5.41, 5.74) is 17.0. The molecule has 11 aromatic rings. The number of hydrogen-bond acceptors (Lipinski definition) is 3. The molecular formula is C60H40N4. The lowest BCUT2D eigenvalue weighted by Crippen LogP contribution is -2.45. The molecule has 4 heteroatoms. The molecule has 0 amide bonds. The predicted molar refractivity (Wildman–Crippen MR) is 263 cm³/mol. The molecule has 0 saturated heterocycles. The highest BCUT2D eigenvalue weighted by Crippen LogP contribution is 2.63. The summed E-state index contributed by atoms with van der Waals surface area (Å²) < 4.78 is 2.45. The molecular weight excluding hydrogens is 777 g/mol. The van der Waals surface area contributed by atoms with Crippen molar-refractivity contribution < 1.29 is 0 Å². The lowest BCUT2D eigenvalue weighted by Gasteiger charge is -2.34. The normalized spacial score (nSPS) is 16.7. The third-order valence-electron chi connectivity index (χ3n) is 14.2. The van der Waals surface area contributed by atoms with Gasteiger partial charge in [0.25, 0.3) is 0 Å². The second kappa shape index (κ2) is 13.5. The number of aromatic nitrogens is 1. The van der Waals surface area contributed by atoms with Gasteiger partial charge in [-0.05, 0) is 102 Å². The van der Waals surface area contributed by atoms with Crippen molar-refractivity contribution >= 4 is 49.2 Å². The highest BCUT2D eigenvalue weighted by Gasteiger charge is 2.51. The van der Waals surface area contributed by atoms with Crippen LogP contribution in [0.5, 0.6) is 0 Å². The summed E-state index contributed by atoms with van der Waals surface area (Å²) in [6.07, 6.45) is -0.501. The van der Waals surface area contributed by atoms with Crippen molar-refractivity contribution in [1.29, 1.82) is 0 Å². The van der Waals surface area contributed by atoms with Crippen molar-refractivity contribution in [3.63, 3.8) is 0 Å². The minimum Gasteiger partial charge on any atom is -0.350 e. The van der Waals surface area contributed by atoms with Crippen LogP contribution < -0.4 is 10.6 Å². The summed E-state index contributed by atoms with van der Waals surface area (Å²) >= 11 is 0. The monoisotopic (exact) mass is 816 g/mol. The second-order valence-corrected chi connectivity index (χ2v) is 17.5. The van der Waals surface area contributed by atoms with Gasteiger partial charge in [0.05, 0.1) is 22.1 Å². The summed E-state index contributed by atoms with van der Waals surface area (Å²) in [5.74, 6) is 0.859. The maximum absolute atomic E-state index is 5.60. The molecule has 300 valence electrons. The fourth-order valence-electron chi connectivity index (χ4n) is 11.5. The summed E-state index contributed by atoms with van der Waals surface area (Å²) in [5, 5.41) is 15.1. The third kappa shape index (κ3) is 4.94. The Balaban J connectivity index is 0.954. The van der Waals surface area contributed by atoms with Crippen LogP contribution >= 0.6 is 0 Å². The van der Waals surface area contributed by atoms with E-state index in [1.165, 1.54) is 87.9 Å². The van der Waals surface area contributed by atoms with E-state index in [1.807, 2.05) is 0 Å². The van der Waals surface area contributed by atoms with Gasteiger partial charge in [-0.15, -0.1) is 0 Å². The number of aliphatic imine (C=N–C) groups is 1. The Bertz CT molecular complexity index is 3700. The van der Waals surface area contributed by atoms with E-state index in [9.17, 15) is 0 Å². The first kappa shape index (κ1) is 35.5. The Morgan fingerprint density at radius 2 is 1.03 bits per heavy atom. The summed E-state index contributed by atoms with van der Waals surface area (Å²) in [4.78, 5) is 5.60. The maximum atomic E-state index is 5.60. The van der Waals surface area contributed by atoms with E-state index in [-0.39, 0.29) is 12.3 Å². The molecule has 0 fully saturated rings. The molecule has 0 bridgehead atoms. The fourth-order valence-corrected chi connectivity index (χ4v) is 11.5. The van der Waals surface area contributed by atoms with Crippen LogP contribution in [0.1, 0.15) is 51.3 Å². The molecule has 2 unspecified atom stereocenters. The number of benzene rings is 10. The van der Waals surface area contributed by atoms with Crippen molar-refractivity contribution in [2.75, 3.05) is 0 Å². The fraction of sp³-hybridized carbons (Fsp3) is 0.0500. The molecule has 2 N–H and O–H groups in total. The summed E-state index contributed by atoms with van der Waals surface area (Å²) in [6, 6.07) is 80.4. The molecule has 1 aromatic heterocycles. The molecule has 0 radical (unpaired) electrons. The zero-order valence-electron chi connectivity index (χ0n) is 34.8. The number of nitrogens with zero attached hydrogens (tertiary/aromatic N) is 2. The molecule has 1 spiro atoms. The van der Waals surface area contributed by atoms with E-state index in [0.29, 0.717) is 0 Å². The zero-order valence-corrected chi connectivity index (χ0v) is 34.8. The molecule has 64 heavy (non-hydrogen) atoms. The van der Waals surface area contributed by atoms with Crippen molar-refractivity contribution in [1.82, 2.24) is 15.2 Å². The van der Waals surface area contributed by atoms with E-state index in [4.69, 9.17) is 4.99 Å². The van der Waals surface area contributed by atoms with Crippen LogP contribution in [0.15, 0.2) is 223 Å². The van der Waals surface area contributed by atoms with Crippen molar-refractivity contribution in [2.24, 2.45) is 4.99 Å². The Kier molecular flexibility index (Phi) is 7.48. The highest BCUT2D eigenvalue weighted by atomic mass is 15.3. The SMILES string of the molecule is c1ccc(C2NC(c3ccc4cccc(-n5c6ccccc6c6cc7ccccc7cc65)c4c3)=NC(c3ccc4c(c3)C3(c5ccccc5-c5ccccc53)c3ccccc3-4)N2)cc1. The topological polar surface area (TPSA) is 41.4 Å². The number of hydrogen-bond donors (Lipinski definition) is 2. The van der Waals surface area contributed by atoms with Gasteiger partial charge < -0.3 is 9.88 Å². The van der Waals surface area contributed by atoms with Crippen molar-refractivity contribution in [3.8, 4) is 27.9 Å². The van der Waals surface area contributed by atoms with Gasteiger partial charge in [0, 0.05) is 21.7 Å². The maximum Gasteiger partial charge on any atom is 0.131 e. The van der Waals surface area contributed by atoms with Gasteiger partial charge in [0.15, 0.2) is 0 Å². The Hall–Kier alpha value is -8.05. The van der Waals surface area contributed by atoms with Gasteiger partial charge in [-0.1, -0.05) is 188 Å². The first-order valence-corrected chi connectivity index (χ1v) is 22.3. The first-order valence-electron chi connectivity index (χ1n) is 22.3. The Morgan fingerprint density at radius 1 is 0.406 bits per heavy atom. The van der Waals surface area contributed by atoms with Crippen LogP contribution in [0.2, 0.25) is 0 Å². The zero-order chi connectivity index (χ0) is 41.9. The van der Waals surface area contributed by atoms with Gasteiger partial charge in [-0.2, -0.15) is 0 Å². The van der Waals surface area contributed by atoms with Gasteiger partial charge in [0.2, 0.25) is 0 Å². The molecule has 4 nitrogen and oxygen atoms in total. The Morgan fingerprint density at radius 3 is 1.78 bits per heavy atom. The van der Waals surface area contributed by atoms with Crippen LogP contribution in [-0.4, -0.2) is 10.4 Å². The predicted octanol–water partition coefficient (Wildman–Crippen LogP) is 13.8. The highest BCUT2D eigenvalue weighted by molar-refractivity contribution is 6.15. The Labute approximate surface area is 370 Å². The smallest absolute Gasteiger partial charge is 0.131 e. The number of para-hydroxylation sites is 1. The molecule has 2 atom stereocenters. The number of rotatable bonds is 4. The molecule has 10 aromatic carbocycles. The van der Waals surface area contributed by atoms with Crippen LogP contribution in [0, 0.1) is 0 Å². The third-order valence-corrected chi connectivity index (χ3v) is 14.2. The largest absolute Gasteiger partial charge is 0.350 e. The lowest BCUT2D eigenvalue weighted by atomic mass is 9.70. The number of nitrogens with one attached hydrogen (secondary N) is 2. The van der Waals surface area contributed by atoms with E-state index in [1.54, 1.807) is 0 Å². The second-order valence-electron chi connectivity index (χ2n) is 17.5. The molecule has 3 aliphatic rings. The van der Waals surface area contributed by atoms with E-state index in [2.05, 4.69) is 234 Å². The van der Waals surface area contributed by atoms with Crippen molar-refractivity contribution in [3.05, 3.63) is 257 Å². The molecule has 0 saturated carbocycles. The van der Waals surface area contributed by atoms with Gasteiger partial charge in [0.1, 0.15) is 18.2 Å². The lowest BCUT2D eigenvalue weighted by molar-refractivity contribution is 0.409. The quantitative estimate of drug-likeness (QED) is 0.186. The minimum atomic E-state index is -0.429. The first-order chi connectivity index (χ1) is 31.7. The standard InChI is InChI=1S/C60H40N4/c1-2-15-38(16-3-1)57-61-58(41-30-29-37-19-14-28-55(48(37)34-41)64-54-27-13-9-23-47(54)49-33-39-17-4-5-18-40(39)36-56(49)64)63-59(62-57)42-31-32-46-45-22-8-12-26-52(45)60(53(46)35-42)50-24-10-6-20-43(50)44-21-7-11-25-51(44)60/h1-36,57,59,62H,(H,61,63). The van der Waals surface area contributed by atoms with E-state index in [0.717, 1.165) is 28.2 Å². The van der Waals surface area contributed by atoms with Crippen molar-refractivity contribution in [2.45, 2.75) is 17.7 Å². The number of fused-ring (bicyclic) bond motifs is 15. The average molecular weight is 817 g/mol.